The average molecular weight is 300 g/mol. The lowest BCUT2D eigenvalue weighted by molar-refractivity contribution is -0.149. The number of hydrogen-bond donors (Lipinski definition) is 0. The standard InChI is InChI=1S/C17H16O5/c1-20-14-9-8-12(11-18)10-15(14)22-16(17(19)21-2)13-6-4-3-5-7-13/h3-11,16H,1-2H3/t16-/m1/s1. The number of aldehydes is 1. The third-order valence-electron chi connectivity index (χ3n) is 3.09. The Morgan fingerprint density at radius 2 is 1.77 bits per heavy atom. The predicted molar refractivity (Wildman–Crippen MR) is 80.2 cm³/mol. The smallest absolute Gasteiger partial charge is 0.351 e. The van der Waals surface area contributed by atoms with Crippen molar-refractivity contribution in [2.75, 3.05) is 14.2 Å². The molecule has 5 heteroatoms. The predicted octanol–water partition coefficient (Wildman–Crippen LogP) is 2.80. The molecule has 1 atom stereocenters. The van der Waals surface area contributed by atoms with Crippen molar-refractivity contribution in [3.05, 3.63) is 59.7 Å². The lowest BCUT2D eigenvalue weighted by Gasteiger charge is -2.19. The molecule has 0 spiro atoms. The monoisotopic (exact) mass is 300 g/mol. The van der Waals surface area contributed by atoms with Crippen molar-refractivity contribution >= 4 is 12.3 Å². The van der Waals surface area contributed by atoms with E-state index in [0.29, 0.717) is 28.9 Å². The van der Waals surface area contributed by atoms with Gasteiger partial charge < -0.3 is 14.2 Å². The Morgan fingerprint density at radius 1 is 1.05 bits per heavy atom. The molecular weight excluding hydrogens is 284 g/mol. The third-order valence-corrected chi connectivity index (χ3v) is 3.09. The summed E-state index contributed by atoms with van der Waals surface area (Å²) in [6.07, 6.45) is -0.246. The van der Waals surface area contributed by atoms with Crippen molar-refractivity contribution in [2.24, 2.45) is 0 Å². The SMILES string of the molecule is COC(=O)[C@H](Oc1cc(C=O)ccc1OC)c1ccccc1. The molecule has 0 aliphatic heterocycles. The Labute approximate surface area is 128 Å². The highest BCUT2D eigenvalue weighted by Gasteiger charge is 2.24. The van der Waals surface area contributed by atoms with Gasteiger partial charge in [-0.1, -0.05) is 30.3 Å². The minimum absolute atomic E-state index is 0.298. The molecule has 0 aromatic heterocycles. The minimum Gasteiger partial charge on any atom is -0.493 e. The van der Waals surface area contributed by atoms with Crippen molar-refractivity contribution in [3.8, 4) is 11.5 Å². The summed E-state index contributed by atoms with van der Waals surface area (Å²) in [4.78, 5) is 22.9. The molecule has 22 heavy (non-hydrogen) atoms. The zero-order valence-electron chi connectivity index (χ0n) is 12.3. The van der Waals surface area contributed by atoms with Crippen LogP contribution in [0, 0.1) is 0 Å². The molecule has 114 valence electrons. The van der Waals surface area contributed by atoms with Crippen molar-refractivity contribution < 1.29 is 23.8 Å². The summed E-state index contributed by atoms with van der Waals surface area (Å²) >= 11 is 0. The molecule has 0 aliphatic carbocycles. The summed E-state index contributed by atoms with van der Waals surface area (Å²) in [5.41, 5.74) is 1.07. The van der Waals surface area contributed by atoms with E-state index in [2.05, 4.69) is 0 Å². The van der Waals surface area contributed by atoms with Gasteiger partial charge >= 0.3 is 5.97 Å². The maximum absolute atomic E-state index is 12.0. The summed E-state index contributed by atoms with van der Waals surface area (Å²) in [5, 5.41) is 0. The molecule has 0 radical (unpaired) electrons. The van der Waals surface area contributed by atoms with E-state index >= 15 is 0 Å². The van der Waals surface area contributed by atoms with Crippen molar-refractivity contribution in [3.63, 3.8) is 0 Å². The largest absolute Gasteiger partial charge is 0.493 e. The molecule has 0 aliphatic rings. The zero-order valence-corrected chi connectivity index (χ0v) is 12.3. The second kappa shape index (κ2) is 7.26. The van der Waals surface area contributed by atoms with Crippen LogP contribution in [-0.2, 0) is 9.53 Å². The molecule has 0 saturated carbocycles. The molecule has 0 saturated heterocycles. The molecular formula is C17H16O5. The van der Waals surface area contributed by atoms with Gasteiger partial charge in [0, 0.05) is 11.1 Å². The van der Waals surface area contributed by atoms with Gasteiger partial charge in [0.05, 0.1) is 14.2 Å². The summed E-state index contributed by atoms with van der Waals surface area (Å²) < 4.78 is 15.8. The van der Waals surface area contributed by atoms with E-state index in [-0.39, 0.29) is 0 Å². The van der Waals surface area contributed by atoms with E-state index in [0.717, 1.165) is 0 Å². The maximum Gasteiger partial charge on any atom is 0.351 e. The lowest BCUT2D eigenvalue weighted by atomic mass is 10.1. The summed E-state index contributed by atoms with van der Waals surface area (Å²) in [6, 6.07) is 13.7. The van der Waals surface area contributed by atoms with Gasteiger partial charge in [0.1, 0.15) is 6.29 Å². The Morgan fingerprint density at radius 3 is 2.36 bits per heavy atom. The lowest BCUT2D eigenvalue weighted by Crippen LogP contribution is -2.20. The number of benzene rings is 2. The van der Waals surface area contributed by atoms with Crippen molar-refractivity contribution in [1.82, 2.24) is 0 Å². The van der Waals surface area contributed by atoms with Crippen LogP contribution in [0.4, 0.5) is 0 Å². The van der Waals surface area contributed by atoms with E-state index < -0.39 is 12.1 Å². The highest BCUT2D eigenvalue weighted by molar-refractivity contribution is 5.78. The van der Waals surface area contributed by atoms with Crippen LogP contribution < -0.4 is 9.47 Å². The maximum atomic E-state index is 12.0. The molecule has 0 unspecified atom stereocenters. The van der Waals surface area contributed by atoms with E-state index in [9.17, 15) is 9.59 Å². The van der Waals surface area contributed by atoms with Crippen molar-refractivity contribution in [2.45, 2.75) is 6.10 Å². The number of hydrogen-bond acceptors (Lipinski definition) is 5. The van der Waals surface area contributed by atoms with Gasteiger partial charge in [0.2, 0.25) is 6.10 Å². The fourth-order valence-corrected chi connectivity index (χ4v) is 1.97. The van der Waals surface area contributed by atoms with Crippen LogP contribution in [0.15, 0.2) is 48.5 Å². The number of rotatable bonds is 6. The first-order chi connectivity index (χ1) is 10.7. The number of methoxy groups -OCH3 is 2. The summed E-state index contributed by atoms with van der Waals surface area (Å²) in [6.45, 7) is 0. The molecule has 2 aromatic rings. The molecule has 0 fully saturated rings. The molecule has 0 bridgehead atoms. The number of ether oxygens (including phenoxy) is 3. The molecule has 0 amide bonds. The van der Waals surface area contributed by atoms with Gasteiger partial charge in [-0.25, -0.2) is 4.79 Å². The van der Waals surface area contributed by atoms with Crippen LogP contribution in [0.3, 0.4) is 0 Å². The van der Waals surface area contributed by atoms with E-state index in [1.807, 2.05) is 6.07 Å². The van der Waals surface area contributed by atoms with Gasteiger partial charge in [-0.15, -0.1) is 0 Å². The van der Waals surface area contributed by atoms with Crippen LogP contribution in [-0.4, -0.2) is 26.5 Å². The Balaban J connectivity index is 2.39. The first-order valence-electron chi connectivity index (χ1n) is 6.62. The van der Waals surface area contributed by atoms with Crippen LogP contribution in [0.2, 0.25) is 0 Å². The topological polar surface area (TPSA) is 61.8 Å². The van der Waals surface area contributed by atoms with E-state index in [1.54, 1.807) is 36.4 Å². The minimum atomic E-state index is -0.943. The van der Waals surface area contributed by atoms with Crippen molar-refractivity contribution in [1.29, 1.82) is 0 Å². The quantitative estimate of drug-likeness (QED) is 0.606. The van der Waals surface area contributed by atoms with Crippen LogP contribution in [0.25, 0.3) is 0 Å². The van der Waals surface area contributed by atoms with E-state index in [1.165, 1.54) is 20.3 Å². The fourth-order valence-electron chi connectivity index (χ4n) is 1.97. The highest BCUT2D eigenvalue weighted by Crippen LogP contribution is 2.32. The molecule has 0 heterocycles. The van der Waals surface area contributed by atoms with Gasteiger partial charge in [-0.2, -0.15) is 0 Å². The van der Waals surface area contributed by atoms with Gasteiger partial charge in [-0.05, 0) is 18.2 Å². The second-order valence-electron chi connectivity index (χ2n) is 4.46. The van der Waals surface area contributed by atoms with E-state index in [4.69, 9.17) is 14.2 Å². The molecule has 0 N–H and O–H groups in total. The highest BCUT2D eigenvalue weighted by atomic mass is 16.6. The van der Waals surface area contributed by atoms with Gasteiger partial charge in [-0.3, -0.25) is 4.79 Å². The molecule has 5 nitrogen and oxygen atoms in total. The Hall–Kier alpha value is -2.82. The first kappa shape index (κ1) is 15.6. The third kappa shape index (κ3) is 3.44. The van der Waals surface area contributed by atoms with Gasteiger partial charge in [0.15, 0.2) is 11.5 Å². The summed E-state index contributed by atoms with van der Waals surface area (Å²) in [5.74, 6) is 0.187. The number of carbonyl (C=O) groups excluding carboxylic acids is 2. The fraction of sp³-hybridized carbons (Fsp3) is 0.176. The molecule has 2 aromatic carbocycles. The van der Waals surface area contributed by atoms with Crippen LogP contribution in [0.1, 0.15) is 22.0 Å². The van der Waals surface area contributed by atoms with Gasteiger partial charge in [0.25, 0.3) is 0 Å². The average Bonchev–Trinajstić information content (AvgIpc) is 2.59. The Bertz CT molecular complexity index is 651. The Kier molecular flexibility index (Phi) is 5.14. The summed E-state index contributed by atoms with van der Waals surface area (Å²) in [7, 11) is 2.78. The second-order valence-corrected chi connectivity index (χ2v) is 4.46. The van der Waals surface area contributed by atoms with Crippen LogP contribution in [0.5, 0.6) is 11.5 Å². The normalized spacial score (nSPS) is 11.4. The molecule has 2 rings (SSSR count). The van der Waals surface area contributed by atoms with Crippen LogP contribution >= 0.6 is 0 Å². The number of carbonyl (C=O) groups is 2. The number of esters is 1. The first-order valence-corrected chi connectivity index (χ1v) is 6.62. The zero-order chi connectivity index (χ0) is 15.9.